The normalized spacial score (nSPS) is 15.6. The maximum atomic E-state index is 12.0. The molecule has 4 N–H and O–H groups in total. The third-order valence-corrected chi connectivity index (χ3v) is 7.72. The Morgan fingerprint density at radius 1 is 0.949 bits per heavy atom. The molecule has 0 spiro atoms. The van der Waals surface area contributed by atoms with Gasteiger partial charge < -0.3 is 26.1 Å². The summed E-state index contributed by atoms with van der Waals surface area (Å²) in [6.45, 7) is 5.64. The van der Waals surface area contributed by atoms with Crippen LogP contribution in [0.3, 0.4) is 0 Å². The number of urea groups is 1. The number of imidazole rings is 1. The van der Waals surface area contributed by atoms with E-state index in [0.717, 1.165) is 38.2 Å². The quantitative estimate of drug-likeness (QED) is 0.125. The Bertz CT molecular complexity index is 719. The van der Waals surface area contributed by atoms with Gasteiger partial charge in [0.05, 0.1) is 6.33 Å². The first kappa shape index (κ1) is 36.0. The number of nitrogens with zero attached hydrogens (tertiary/aromatic N) is 3. The molecule has 1 aliphatic rings. The zero-order valence-electron chi connectivity index (χ0n) is 25.5. The Hall–Kier alpha value is -1.04. The molecule has 220 valence electrons. The molecule has 0 aromatic carbocycles. The predicted octanol–water partition coefficient (Wildman–Crippen LogP) is 4.58. The number of amides is 2. The molecule has 0 saturated heterocycles. The molecular formula is C30H57LiN6O2. The predicted molar refractivity (Wildman–Crippen MR) is 159 cm³/mol. The second-order valence-electron chi connectivity index (χ2n) is 11.1. The topological polar surface area (TPSA) is 110 Å². The van der Waals surface area contributed by atoms with Crippen LogP contribution >= 0.6 is 0 Å². The second kappa shape index (κ2) is 23.6. The van der Waals surface area contributed by atoms with E-state index >= 15 is 0 Å². The van der Waals surface area contributed by atoms with Crippen LogP contribution in [0.4, 0.5) is 10.6 Å². The maximum absolute atomic E-state index is 12.0. The van der Waals surface area contributed by atoms with Crippen LogP contribution in [0.1, 0.15) is 134 Å². The Morgan fingerprint density at radius 3 is 2.18 bits per heavy atom. The maximum Gasteiger partial charge on any atom is 1.00 e. The standard InChI is InChI=1S/C30H57N6O2.Li/c1-3-4-5-6-7-8-9-12-15-18-21-32-24-26(23-31)20-17-14-11-10-13-16-19-22-38-29-27-28(34-25-33-27)36(2)30(37)35-29;/h25-26,29H,3-24,31H2,1-2H3,(H,33,34)(H,35,37);/q-1;+1. The smallest absolute Gasteiger partial charge is 0.662 e. The minimum atomic E-state index is -0.437. The van der Waals surface area contributed by atoms with Crippen molar-refractivity contribution in [1.82, 2.24) is 15.3 Å². The number of carbonyl (C=O) groups excluding carboxylic acids is 1. The van der Waals surface area contributed by atoms with Crippen molar-refractivity contribution in [3.05, 3.63) is 17.3 Å². The molecule has 2 atom stereocenters. The molecular weight excluding hydrogens is 483 g/mol. The van der Waals surface area contributed by atoms with Crippen molar-refractivity contribution >= 4 is 11.8 Å². The van der Waals surface area contributed by atoms with Crippen molar-refractivity contribution in [2.45, 2.75) is 129 Å². The number of fused-ring (bicyclic) bond motifs is 1. The van der Waals surface area contributed by atoms with Crippen molar-refractivity contribution in [3.8, 4) is 0 Å². The fourth-order valence-corrected chi connectivity index (χ4v) is 5.15. The molecule has 0 radical (unpaired) electrons. The number of ether oxygens (including phenoxy) is 1. The van der Waals surface area contributed by atoms with Crippen molar-refractivity contribution in [2.24, 2.45) is 11.7 Å². The van der Waals surface area contributed by atoms with E-state index in [2.05, 4.69) is 22.2 Å². The van der Waals surface area contributed by atoms with Gasteiger partial charge in [-0.25, -0.2) is 9.78 Å². The summed E-state index contributed by atoms with van der Waals surface area (Å²) in [5, 5.41) is 7.66. The summed E-state index contributed by atoms with van der Waals surface area (Å²) in [5.74, 6) is 1.20. The van der Waals surface area contributed by atoms with Crippen molar-refractivity contribution < 1.29 is 28.4 Å². The van der Waals surface area contributed by atoms with Crippen molar-refractivity contribution in [1.29, 1.82) is 0 Å². The third-order valence-electron chi connectivity index (χ3n) is 7.72. The van der Waals surface area contributed by atoms with Gasteiger partial charge in [0.2, 0.25) is 0 Å². The number of anilines is 1. The van der Waals surface area contributed by atoms with Crippen LogP contribution in [0.15, 0.2) is 6.33 Å². The summed E-state index contributed by atoms with van der Waals surface area (Å²) >= 11 is 0. The molecule has 2 amide bonds. The third kappa shape index (κ3) is 15.5. The van der Waals surface area contributed by atoms with E-state index in [1.54, 1.807) is 13.4 Å². The number of aromatic nitrogens is 2. The van der Waals surface area contributed by atoms with Gasteiger partial charge in [0.25, 0.3) is 0 Å². The molecule has 1 aliphatic heterocycles. The minimum absolute atomic E-state index is 0. The van der Waals surface area contributed by atoms with Crippen LogP contribution in [0, 0.1) is 5.92 Å². The number of hydrogen-bond acceptors (Lipinski definition) is 4. The number of nitrogens with two attached hydrogens (primary N) is 1. The van der Waals surface area contributed by atoms with Crippen LogP contribution < -0.4 is 34.8 Å². The van der Waals surface area contributed by atoms with Gasteiger partial charge in [-0.05, 0) is 18.9 Å². The van der Waals surface area contributed by atoms with E-state index in [-0.39, 0.29) is 24.9 Å². The summed E-state index contributed by atoms with van der Waals surface area (Å²) in [6, 6.07) is -0.186. The average Bonchev–Trinajstić information content (AvgIpc) is 3.42. The van der Waals surface area contributed by atoms with Crippen LogP contribution in [-0.4, -0.2) is 49.3 Å². The van der Waals surface area contributed by atoms with Crippen molar-refractivity contribution in [2.75, 3.05) is 38.2 Å². The fraction of sp³-hybridized carbons (Fsp3) is 0.867. The Labute approximate surface area is 250 Å². The van der Waals surface area contributed by atoms with E-state index in [1.165, 1.54) is 108 Å². The molecule has 0 aliphatic carbocycles. The Kier molecular flexibility index (Phi) is 21.8. The molecule has 2 rings (SSSR count). The number of unbranched alkanes of at least 4 members (excludes halogenated alkanes) is 15. The first-order valence-corrected chi connectivity index (χ1v) is 15.7. The monoisotopic (exact) mass is 540 g/mol. The summed E-state index contributed by atoms with van der Waals surface area (Å²) in [7, 11) is 1.71. The van der Waals surface area contributed by atoms with Crippen LogP contribution in [0.2, 0.25) is 0 Å². The molecule has 9 heteroatoms. The summed E-state index contributed by atoms with van der Waals surface area (Å²) in [5.41, 5.74) is 6.82. The number of hydrogen-bond donors (Lipinski definition) is 3. The van der Waals surface area contributed by atoms with Gasteiger partial charge in [-0.15, -0.1) is 13.1 Å². The van der Waals surface area contributed by atoms with E-state index in [4.69, 9.17) is 15.8 Å². The molecule has 39 heavy (non-hydrogen) atoms. The number of H-pyrrole nitrogens is 1. The summed E-state index contributed by atoms with van der Waals surface area (Å²) in [6.07, 6.45) is 24.6. The minimum Gasteiger partial charge on any atom is -0.662 e. The number of nitrogens with one attached hydrogen (secondary N) is 2. The molecule has 0 fully saturated rings. The first-order valence-electron chi connectivity index (χ1n) is 15.7. The first-order chi connectivity index (χ1) is 18.7. The molecule has 0 bridgehead atoms. The summed E-state index contributed by atoms with van der Waals surface area (Å²) < 4.78 is 5.90. The zero-order valence-corrected chi connectivity index (χ0v) is 25.5. The van der Waals surface area contributed by atoms with Gasteiger partial charge in [0.1, 0.15) is 5.69 Å². The number of rotatable bonds is 25. The van der Waals surface area contributed by atoms with Crippen molar-refractivity contribution in [3.63, 3.8) is 0 Å². The average molecular weight is 541 g/mol. The Morgan fingerprint density at radius 2 is 1.54 bits per heavy atom. The van der Waals surface area contributed by atoms with Crippen LogP contribution in [0.25, 0.3) is 5.32 Å². The van der Waals surface area contributed by atoms with Gasteiger partial charge in [0, 0.05) is 13.7 Å². The van der Waals surface area contributed by atoms with E-state index in [9.17, 15) is 4.79 Å². The number of carbonyl (C=O) groups is 1. The van der Waals surface area contributed by atoms with Gasteiger partial charge in [0.15, 0.2) is 12.0 Å². The SMILES string of the molecule is CCCCCCCCCCCC[N-]CC(CN)CCCCCCCCCOC1NC(=O)N(C)c2nc[nH]c21.[Li+]. The van der Waals surface area contributed by atoms with Gasteiger partial charge >= 0.3 is 24.9 Å². The van der Waals surface area contributed by atoms with Gasteiger partial charge in [-0.3, -0.25) is 4.90 Å². The molecule has 8 nitrogen and oxygen atoms in total. The second-order valence-corrected chi connectivity index (χ2v) is 11.1. The summed E-state index contributed by atoms with van der Waals surface area (Å²) in [4.78, 5) is 20.8. The van der Waals surface area contributed by atoms with E-state index in [1.807, 2.05) is 0 Å². The fourth-order valence-electron chi connectivity index (χ4n) is 5.15. The zero-order chi connectivity index (χ0) is 27.3. The molecule has 2 heterocycles. The van der Waals surface area contributed by atoms with E-state index < -0.39 is 6.23 Å². The van der Waals surface area contributed by atoms with Gasteiger partial charge in [-0.1, -0.05) is 116 Å². The van der Waals surface area contributed by atoms with Crippen LogP contribution in [0.5, 0.6) is 0 Å². The molecule has 2 unspecified atom stereocenters. The molecule has 0 saturated carbocycles. The largest absolute Gasteiger partial charge is 1.00 e. The van der Waals surface area contributed by atoms with Gasteiger partial charge in [-0.2, -0.15) is 0 Å². The molecule has 1 aromatic rings. The number of aromatic amines is 1. The van der Waals surface area contributed by atoms with E-state index in [0.29, 0.717) is 18.3 Å². The molecule has 1 aromatic heterocycles. The van der Waals surface area contributed by atoms with Crippen LogP contribution in [-0.2, 0) is 4.74 Å². The Balaban J connectivity index is 0.00000760.